The summed E-state index contributed by atoms with van der Waals surface area (Å²) in [6.45, 7) is 10.2. The molecule has 1 aliphatic carbocycles. The second-order valence-electron chi connectivity index (χ2n) is 3.33. The van der Waals surface area contributed by atoms with Crippen LogP contribution in [-0.4, -0.2) is 6.29 Å². The lowest BCUT2D eigenvalue weighted by atomic mass is 9.82. The van der Waals surface area contributed by atoms with Gasteiger partial charge in [-0.3, -0.25) is 0 Å². The topological polar surface area (TPSA) is 17.1 Å². The number of aldehydes is 1. The molecular weight excluding hydrogens is 172 g/mol. The molecule has 0 atom stereocenters. The van der Waals surface area contributed by atoms with Gasteiger partial charge in [-0.2, -0.15) is 0 Å². The molecule has 0 saturated heterocycles. The Morgan fingerprint density at radius 2 is 1.43 bits per heavy atom. The second kappa shape index (κ2) is 12.7. The van der Waals surface area contributed by atoms with Crippen molar-refractivity contribution in [3.05, 3.63) is 0 Å². The molecule has 1 saturated carbocycles. The Balaban J connectivity index is 0. The van der Waals surface area contributed by atoms with Crippen molar-refractivity contribution >= 4 is 6.29 Å². The highest BCUT2D eigenvalue weighted by molar-refractivity contribution is 5.53. The fourth-order valence-electron chi connectivity index (χ4n) is 1.73. The Morgan fingerprint density at radius 1 is 1.00 bits per heavy atom. The molecule has 1 heteroatoms. The van der Waals surface area contributed by atoms with Crippen LogP contribution in [0.5, 0.6) is 0 Å². The van der Waals surface area contributed by atoms with Gasteiger partial charge in [0.2, 0.25) is 0 Å². The van der Waals surface area contributed by atoms with Gasteiger partial charge in [-0.05, 0) is 31.6 Å². The largest absolute Gasteiger partial charge is 0.303 e. The molecule has 0 aromatic carbocycles. The smallest absolute Gasteiger partial charge is 0.123 e. The van der Waals surface area contributed by atoms with Gasteiger partial charge in [0.25, 0.3) is 0 Å². The summed E-state index contributed by atoms with van der Waals surface area (Å²) in [5.41, 5.74) is 0. The fourth-order valence-corrected chi connectivity index (χ4v) is 1.73. The zero-order valence-electron chi connectivity index (χ0n) is 10.7. The first kappa shape index (κ1) is 16.1. The minimum absolute atomic E-state index is 0.391. The van der Waals surface area contributed by atoms with E-state index in [2.05, 4.69) is 6.92 Å². The molecular formula is C13H28O. The zero-order valence-corrected chi connectivity index (χ0v) is 10.7. The molecule has 86 valence electrons. The van der Waals surface area contributed by atoms with E-state index >= 15 is 0 Å². The van der Waals surface area contributed by atoms with E-state index in [-0.39, 0.29) is 0 Å². The van der Waals surface area contributed by atoms with Crippen molar-refractivity contribution in [1.82, 2.24) is 0 Å². The van der Waals surface area contributed by atoms with E-state index in [1.807, 2.05) is 27.7 Å². The second-order valence-corrected chi connectivity index (χ2v) is 3.33. The Labute approximate surface area is 90.3 Å². The summed E-state index contributed by atoms with van der Waals surface area (Å²) in [6.07, 6.45) is 7.27. The molecule has 0 aromatic rings. The van der Waals surface area contributed by atoms with Gasteiger partial charge in [0, 0.05) is 5.92 Å². The summed E-state index contributed by atoms with van der Waals surface area (Å²) in [4.78, 5) is 10.4. The van der Waals surface area contributed by atoms with Crippen LogP contribution in [0.25, 0.3) is 0 Å². The van der Waals surface area contributed by atoms with E-state index in [1.165, 1.54) is 19.3 Å². The van der Waals surface area contributed by atoms with Gasteiger partial charge in [-0.25, -0.2) is 0 Å². The molecule has 0 N–H and O–H groups in total. The van der Waals surface area contributed by atoms with E-state index in [0.717, 1.165) is 25.0 Å². The predicted molar refractivity (Wildman–Crippen MR) is 64.5 cm³/mol. The lowest BCUT2D eigenvalue weighted by Gasteiger charge is -2.23. The van der Waals surface area contributed by atoms with Gasteiger partial charge in [-0.1, -0.05) is 41.0 Å². The molecule has 0 bridgehead atoms. The molecule has 14 heavy (non-hydrogen) atoms. The molecule has 1 nitrogen and oxygen atoms in total. The molecule has 0 radical (unpaired) electrons. The van der Waals surface area contributed by atoms with Crippen LogP contribution in [0.2, 0.25) is 0 Å². The molecule has 1 aliphatic rings. The maximum Gasteiger partial charge on any atom is 0.123 e. The van der Waals surface area contributed by atoms with E-state index < -0.39 is 0 Å². The number of hydrogen-bond donors (Lipinski definition) is 0. The lowest BCUT2D eigenvalue weighted by Crippen LogP contribution is -2.14. The van der Waals surface area contributed by atoms with Crippen LogP contribution in [0.15, 0.2) is 0 Å². The van der Waals surface area contributed by atoms with Crippen LogP contribution < -0.4 is 0 Å². The molecule has 1 fully saturated rings. The van der Waals surface area contributed by atoms with Gasteiger partial charge in [0.1, 0.15) is 6.29 Å². The zero-order chi connectivity index (χ0) is 11.4. The average molecular weight is 200 g/mol. The quantitative estimate of drug-likeness (QED) is 0.602. The summed E-state index contributed by atoms with van der Waals surface area (Å²) in [6, 6.07) is 0. The Bertz CT molecular complexity index is 102. The summed E-state index contributed by atoms with van der Waals surface area (Å²) in [7, 11) is 0. The SMILES string of the molecule is CC.CC.CCC1CCC(C=O)CC1. The number of carbonyl (C=O) groups is 1. The van der Waals surface area contributed by atoms with Gasteiger partial charge < -0.3 is 4.79 Å². The van der Waals surface area contributed by atoms with Crippen molar-refractivity contribution in [2.75, 3.05) is 0 Å². The van der Waals surface area contributed by atoms with Gasteiger partial charge in [0.15, 0.2) is 0 Å². The van der Waals surface area contributed by atoms with Gasteiger partial charge in [0.05, 0.1) is 0 Å². The minimum atomic E-state index is 0.391. The van der Waals surface area contributed by atoms with Crippen LogP contribution in [-0.2, 0) is 4.79 Å². The van der Waals surface area contributed by atoms with Crippen molar-refractivity contribution in [2.45, 2.75) is 66.7 Å². The van der Waals surface area contributed by atoms with Gasteiger partial charge >= 0.3 is 0 Å². The highest BCUT2D eigenvalue weighted by Gasteiger charge is 2.18. The molecule has 0 spiro atoms. The summed E-state index contributed by atoms with van der Waals surface area (Å²) in [5, 5.41) is 0. The van der Waals surface area contributed by atoms with E-state index in [4.69, 9.17) is 0 Å². The molecule has 0 unspecified atom stereocenters. The fraction of sp³-hybridized carbons (Fsp3) is 0.923. The van der Waals surface area contributed by atoms with Crippen molar-refractivity contribution in [1.29, 1.82) is 0 Å². The van der Waals surface area contributed by atoms with Crippen LogP contribution in [0.4, 0.5) is 0 Å². The lowest BCUT2D eigenvalue weighted by molar-refractivity contribution is -0.112. The Morgan fingerprint density at radius 3 is 1.71 bits per heavy atom. The van der Waals surface area contributed by atoms with E-state index in [1.54, 1.807) is 0 Å². The molecule has 0 aromatic heterocycles. The highest BCUT2D eigenvalue weighted by Crippen LogP contribution is 2.29. The first-order valence-corrected chi connectivity index (χ1v) is 6.32. The Hall–Kier alpha value is -0.330. The summed E-state index contributed by atoms with van der Waals surface area (Å²) < 4.78 is 0. The van der Waals surface area contributed by atoms with Crippen LogP contribution >= 0.6 is 0 Å². The predicted octanol–water partition coefficient (Wildman–Crippen LogP) is 4.45. The van der Waals surface area contributed by atoms with Crippen LogP contribution in [0.3, 0.4) is 0 Å². The summed E-state index contributed by atoms with van der Waals surface area (Å²) >= 11 is 0. The third kappa shape index (κ3) is 7.11. The minimum Gasteiger partial charge on any atom is -0.303 e. The normalized spacial score (nSPS) is 24.9. The number of carbonyl (C=O) groups excluding carboxylic acids is 1. The van der Waals surface area contributed by atoms with Crippen molar-refractivity contribution in [2.24, 2.45) is 11.8 Å². The standard InChI is InChI=1S/C9H16O.2C2H6/c1-2-8-3-5-9(7-10)6-4-8;2*1-2/h7-9H,2-6H2,1H3;2*1-2H3. The van der Waals surface area contributed by atoms with Gasteiger partial charge in [-0.15, -0.1) is 0 Å². The summed E-state index contributed by atoms with van der Waals surface area (Å²) in [5.74, 6) is 1.30. The van der Waals surface area contributed by atoms with E-state index in [9.17, 15) is 4.79 Å². The Kier molecular flexibility index (Phi) is 14.6. The van der Waals surface area contributed by atoms with Crippen LogP contribution in [0.1, 0.15) is 66.7 Å². The highest BCUT2D eigenvalue weighted by atomic mass is 16.1. The maximum atomic E-state index is 10.4. The third-order valence-corrected chi connectivity index (χ3v) is 2.66. The maximum absolute atomic E-state index is 10.4. The molecule has 0 aliphatic heterocycles. The molecule has 1 rings (SSSR count). The van der Waals surface area contributed by atoms with Crippen molar-refractivity contribution in [3.63, 3.8) is 0 Å². The van der Waals surface area contributed by atoms with E-state index in [0.29, 0.717) is 5.92 Å². The first-order chi connectivity index (χ1) is 6.86. The number of rotatable bonds is 2. The molecule has 0 amide bonds. The monoisotopic (exact) mass is 200 g/mol. The third-order valence-electron chi connectivity index (χ3n) is 2.66. The van der Waals surface area contributed by atoms with Crippen molar-refractivity contribution in [3.8, 4) is 0 Å². The molecule has 0 heterocycles. The number of hydrogen-bond acceptors (Lipinski definition) is 1. The average Bonchev–Trinajstić information content (AvgIpc) is 2.34. The van der Waals surface area contributed by atoms with Crippen LogP contribution in [0, 0.1) is 11.8 Å². The van der Waals surface area contributed by atoms with Crippen molar-refractivity contribution < 1.29 is 4.79 Å². The first-order valence-electron chi connectivity index (χ1n) is 6.32.